The number of hydrogen-bond donors (Lipinski definition) is 1. The maximum atomic E-state index is 12.2. The summed E-state index contributed by atoms with van der Waals surface area (Å²) in [5.74, 6) is 1.40. The van der Waals surface area contributed by atoms with Gasteiger partial charge in [-0.25, -0.2) is 4.98 Å². The number of anilines is 1. The fraction of sp³-hybridized carbons (Fsp3) is 0.714. The van der Waals surface area contributed by atoms with E-state index in [0.29, 0.717) is 12.4 Å². The average molecular weight is 264 g/mol. The highest BCUT2D eigenvalue weighted by Gasteiger charge is 2.21. The molecule has 1 aromatic heterocycles. The largest absolute Gasteiger partial charge is 0.352 e. The van der Waals surface area contributed by atoms with Gasteiger partial charge in [0.1, 0.15) is 0 Å². The monoisotopic (exact) mass is 264 g/mol. The third kappa shape index (κ3) is 3.35. The van der Waals surface area contributed by atoms with Gasteiger partial charge in [-0.15, -0.1) is 0 Å². The minimum absolute atomic E-state index is 0.0404. The number of piperidine rings is 1. The maximum absolute atomic E-state index is 12.2. The summed E-state index contributed by atoms with van der Waals surface area (Å²) in [5, 5.41) is 3.20. The quantitative estimate of drug-likeness (QED) is 0.865. The molecule has 0 bridgehead atoms. The predicted octanol–water partition coefficient (Wildman–Crippen LogP) is 1.09. The molecular formula is C14H24N4O. The number of rotatable bonds is 5. The van der Waals surface area contributed by atoms with Gasteiger partial charge < -0.3 is 14.8 Å². The summed E-state index contributed by atoms with van der Waals surface area (Å²) < 4.78 is 1.72. The van der Waals surface area contributed by atoms with Crippen LogP contribution < -0.4 is 15.8 Å². The Kier molecular flexibility index (Phi) is 4.96. The highest BCUT2D eigenvalue weighted by atomic mass is 16.1. The molecule has 106 valence electrons. The first kappa shape index (κ1) is 14.1. The summed E-state index contributed by atoms with van der Waals surface area (Å²) in [6, 6.07) is 0. The third-order valence-electron chi connectivity index (χ3n) is 3.95. The van der Waals surface area contributed by atoms with Crippen LogP contribution in [0.5, 0.6) is 0 Å². The van der Waals surface area contributed by atoms with E-state index >= 15 is 0 Å². The summed E-state index contributed by atoms with van der Waals surface area (Å²) in [7, 11) is 2.00. The van der Waals surface area contributed by atoms with Gasteiger partial charge in [-0.1, -0.05) is 0 Å². The van der Waals surface area contributed by atoms with Crippen molar-refractivity contribution in [3.05, 3.63) is 22.7 Å². The topological polar surface area (TPSA) is 50.2 Å². The average Bonchev–Trinajstić information content (AvgIpc) is 2.46. The lowest BCUT2D eigenvalue weighted by Crippen LogP contribution is -2.39. The van der Waals surface area contributed by atoms with E-state index < -0.39 is 0 Å². The standard InChI is InChI=1S/C14H24N4O/c1-3-17-11-8-16-13(14(17)19)18-9-5-12(6-10-18)4-7-15-2/h8,11-12,15H,3-7,9-10H2,1-2H3. The zero-order chi connectivity index (χ0) is 13.7. The lowest BCUT2D eigenvalue weighted by molar-refractivity contribution is 0.376. The molecule has 1 aliphatic heterocycles. The Hall–Kier alpha value is -1.36. The highest BCUT2D eigenvalue weighted by Crippen LogP contribution is 2.21. The predicted molar refractivity (Wildman–Crippen MR) is 77.7 cm³/mol. The van der Waals surface area contributed by atoms with Gasteiger partial charge in [-0.3, -0.25) is 4.79 Å². The van der Waals surface area contributed by atoms with Crippen molar-refractivity contribution in [2.24, 2.45) is 5.92 Å². The fourth-order valence-electron chi connectivity index (χ4n) is 2.68. The molecule has 0 aliphatic carbocycles. The Morgan fingerprint density at radius 2 is 2.16 bits per heavy atom. The van der Waals surface area contributed by atoms with Crippen LogP contribution in [0.1, 0.15) is 26.2 Å². The smallest absolute Gasteiger partial charge is 0.293 e. The first-order valence-corrected chi connectivity index (χ1v) is 7.21. The lowest BCUT2D eigenvalue weighted by atomic mass is 9.93. The van der Waals surface area contributed by atoms with Crippen molar-refractivity contribution in [3.8, 4) is 0 Å². The summed E-state index contributed by atoms with van der Waals surface area (Å²) in [5.41, 5.74) is 0.0404. The molecule has 1 saturated heterocycles. The first-order chi connectivity index (χ1) is 9.26. The van der Waals surface area contributed by atoms with Crippen LogP contribution in [0, 0.1) is 5.92 Å². The van der Waals surface area contributed by atoms with Crippen molar-refractivity contribution in [3.63, 3.8) is 0 Å². The van der Waals surface area contributed by atoms with Crippen molar-refractivity contribution in [2.45, 2.75) is 32.7 Å². The van der Waals surface area contributed by atoms with Crippen LogP contribution in [0.3, 0.4) is 0 Å². The summed E-state index contributed by atoms with van der Waals surface area (Å²) >= 11 is 0. The van der Waals surface area contributed by atoms with E-state index in [-0.39, 0.29) is 5.56 Å². The normalized spacial score (nSPS) is 16.8. The number of aromatic nitrogens is 2. The van der Waals surface area contributed by atoms with Crippen molar-refractivity contribution in [1.82, 2.24) is 14.9 Å². The van der Waals surface area contributed by atoms with Crippen LogP contribution in [0.25, 0.3) is 0 Å². The Balaban J connectivity index is 2.00. The van der Waals surface area contributed by atoms with E-state index in [1.165, 1.54) is 6.42 Å². The Morgan fingerprint density at radius 3 is 2.79 bits per heavy atom. The Labute approximate surface area is 114 Å². The van der Waals surface area contributed by atoms with E-state index in [0.717, 1.165) is 38.4 Å². The zero-order valence-corrected chi connectivity index (χ0v) is 11.9. The molecule has 0 aromatic carbocycles. The molecule has 0 saturated carbocycles. The van der Waals surface area contributed by atoms with Crippen LogP contribution in [-0.2, 0) is 6.54 Å². The molecule has 2 heterocycles. The van der Waals surface area contributed by atoms with Crippen LogP contribution >= 0.6 is 0 Å². The molecule has 0 unspecified atom stereocenters. The second-order valence-corrected chi connectivity index (χ2v) is 5.16. The van der Waals surface area contributed by atoms with Gasteiger partial charge in [0.05, 0.1) is 0 Å². The molecule has 0 radical (unpaired) electrons. The molecule has 0 spiro atoms. The fourth-order valence-corrected chi connectivity index (χ4v) is 2.68. The van der Waals surface area contributed by atoms with Gasteiger partial charge >= 0.3 is 0 Å². The van der Waals surface area contributed by atoms with Crippen LogP contribution in [-0.4, -0.2) is 36.2 Å². The molecule has 1 fully saturated rings. The van der Waals surface area contributed by atoms with Crippen molar-refractivity contribution >= 4 is 5.82 Å². The molecule has 5 heteroatoms. The van der Waals surface area contributed by atoms with Crippen LogP contribution in [0.2, 0.25) is 0 Å². The maximum Gasteiger partial charge on any atom is 0.293 e. The Morgan fingerprint density at radius 1 is 1.42 bits per heavy atom. The van der Waals surface area contributed by atoms with Gasteiger partial charge in [0, 0.05) is 32.0 Å². The van der Waals surface area contributed by atoms with Crippen LogP contribution in [0.15, 0.2) is 17.2 Å². The van der Waals surface area contributed by atoms with Gasteiger partial charge in [0.15, 0.2) is 5.82 Å². The molecular weight excluding hydrogens is 240 g/mol. The highest BCUT2D eigenvalue weighted by molar-refractivity contribution is 5.36. The minimum Gasteiger partial charge on any atom is -0.352 e. The number of hydrogen-bond acceptors (Lipinski definition) is 4. The van der Waals surface area contributed by atoms with Gasteiger partial charge in [0.25, 0.3) is 5.56 Å². The minimum atomic E-state index is 0.0404. The second kappa shape index (κ2) is 6.70. The lowest BCUT2D eigenvalue weighted by Gasteiger charge is -2.32. The number of nitrogens with one attached hydrogen (secondary N) is 1. The second-order valence-electron chi connectivity index (χ2n) is 5.16. The van der Waals surface area contributed by atoms with E-state index in [1.807, 2.05) is 14.0 Å². The SMILES string of the molecule is CCn1ccnc(N2CCC(CCNC)CC2)c1=O. The molecule has 0 amide bonds. The van der Waals surface area contributed by atoms with E-state index in [9.17, 15) is 4.79 Å². The van der Waals surface area contributed by atoms with E-state index in [2.05, 4.69) is 15.2 Å². The molecule has 5 nitrogen and oxygen atoms in total. The van der Waals surface area contributed by atoms with Gasteiger partial charge in [-0.2, -0.15) is 0 Å². The molecule has 0 atom stereocenters. The van der Waals surface area contributed by atoms with E-state index in [4.69, 9.17) is 0 Å². The van der Waals surface area contributed by atoms with Crippen molar-refractivity contribution in [1.29, 1.82) is 0 Å². The Bertz CT molecular complexity index is 449. The van der Waals surface area contributed by atoms with Gasteiger partial charge in [0.2, 0.25) is 0 Å². The summed E-state index contributed by atoms with van der Waals surface area (Å²) in [6.07, 6.45) is 7.03. The number of aryl methyl sites for hydroxylation is 1. The van der Waals surface area contributed by atoms with Gasteiger partial charge in [-0.05, 0) is 45.7 Å². The summed E-state index contributed by atoms with van der Waals surface area (Å²) in [6.45, 7) is 5.66. The van der Waals surface area contributed by atoms with Crippen LogP contribution in [0.4, 0.5) is 5.82 Å². The molecule has 1 aliphatic rings. The van der Waals surface area contributed by atoms with Crippen molar-refractivity contribution < 1.29 is 0 Å². The first-order valence-electron chi connectivity index (χ1n) is 7.21. The zero-order valence-electron chi connectivity index (χ0n) is 11.9. The number of nitrogens with zero attached hydrogens (tertiary/aromatic N) is 3. The molecule has 2 rings (SSSR count). The third-order valence-corrected chi connectivity index (χ3v) is 3.95. The van der Waals surface area contributed by atoms with Crippen molar-refractivity contribution in [2.75, 3.05) is 31.6 Å². The summed E-state index contributed by atoms with van der Waals surface area (Å²) in [4.78, 5) is 18.6. The molecule has 1 aromatic rings. The van der Waals surface area contributed by atoms with E-state index in [1.54, 1.807) is 17.0 Å². The molecule has 1 N–H and O–H groups in total. The molecule has 19 heavy (non-hydrogen) atoms.